The first-order chi connectivity index (χ1) is 12.0. The van der Waals surface area contributed by atoms with Crippen LogP contribution in [0.15, 0.2) is 35.7 Å². The minimum atomic E-state index is -0.507. The van der Waals surface area contributed by atoms with Crippen molar-refractivity contribution in [3.8, 4) is 0 Å². The van der Waals surface area contributed by atoms with Gasteiger partial charge in [0.25, 0.3) is 5.91 Å². The van der Waals surface area contributed by atoms with Gasteiger partial charge in [0, 0.05) is 12.4 Å². The number of benzene rings is 1. The number of fused-ring (bicyclic) bond motifs is 1. The molecule has 0 atom stereocenters. The Labute approximate surface area is 147 Å². The third-order valence-electron chi connectivity index (χ3n) is 3.61. The van der Waals surface area contributed by atoms with Gasteiger partial charge in [-0.05, 0) is 31.0 Å². The molecule has 3 rings (SSSR count). The maximum atomic E-state index is 12.4. The van der Waals surface area contributed by atoms with Gasteiger partial charge in [0.2, 0.25) is 0 Å². The zero-order valence-electron chi connectivity index (χ0n) is 14.0. The fraction of sp³-hybridized carbons (Fsp3) is 0.235. The normalized spacial score (nSPS) is 11.7. The summed E-state index contributed by atoms with van der Waals surface area (Å²) in [5.41, 5.74) is 3.12. The Kier molecular flexibility index (Phi) is 4.71. The first kappa shape index (κ1) is 17.0. The van der Waals surface area contributed by atoms with Gasteiger partial charge < -0.3 is 9.30 Å². The number of rotatable bonds is 3. The number of methoxy groups -OCH3 is 1. The van der Waals surface area contributed by atoms with E-state index < -0.39 is 11.9 Å². The Hall–Kier alpha value is -2.87. The summed E-state index contributed by atoms with van der Waals surface area (Å²) in [5, 5.41) is 0. The van der Waals surface area contributed by atoms with Crippen LogP contribution in [0.4, 0.5) is 0 Å². The van der Waals surface area contributed by atoms with Gasteiger partial charge in [0.15, 0.2) is 4.80 Å². The van der Waals surface area contributed by atoms with E-state index in [2.05, 4.69) is 21.0 Å². The van der Waals surface area contributed by atoms with Gasteiger partial charge in [-0.3, -0.25) is 14.6 Å². The Bertz CT molecular complexity index is 1020. The van der Waals surface area contributed by atoms with Gasteiger partial charge in [-0.2, -0.15) is 4.99 Å². The molecule has 25 heavy (non-hydrogen) atoms. The first-order valence-corrected chi connectivity index (χ1v) is 8.33. The largest absolute Gasteiger partial charge is 0.468 e. The molecule has 1 aromatic carbocycles. The van der Waals surface area contributed by atoms with Crippen molar-refractivity contribution >= 4 is 33.4 Å². The van der Waals surface area contributed by atoms with Crippen LogP contribution in [-0.4, -0.2) is 33.5 Å². The summed E-state index contributed by atoms with van der Waals surface area (Å²) in [7, 11) is 1.33. The van der Waals surface area contributed by atoms with E-state index in [0.717, 1.165) is 21.3 Å². The number of hydrogen-bond acceptors (Lipinski definition) is 6. The number of ether oxygens (including phenoxy) is 1. The summed E-state index contributed by atoms with van der Waals surface area (Å²) < 4.78 is 7.44. The lowest BCUT2D eigenvalue weighted by Crippen LogP contribution is -2.22. The predicted octanol–water partition coefficient (Wildman–Crippen LogP) is 2.02. The van der Waals surface area contributed by atoms with Crippen molar-refractivity contribution in [1.82, 2.24) is 14.5 Å². The molecule has 0 saturated heterocycles. The van der Waals surface area contributed by atoms with Crippen LogP contribution >= 0.6 is 11.3 Å². The highest BCUT2D eigenvalue weighted by Gasteiger charge is 2.14. The van der Waals surface area contributed by atoms with Gasteiger partial charge >= 0.3 is 5.97 Å². The van der Waals surface area contributed by atoms with E-state index in [1.807, 2.05) is 19.9 Å². The van der Waals surface area contributed by atoms with Crippen molar-refractivity contribution in [2.75, 3.05) is 7.11 Å². The van der Waals surface area contributed by atoms with Gasteiger partial charge in [-0.15, -0.1) is 0 Å². The molecule has 0 saturated carbocycles. The number of amides is 1. The quantitative estimate of drug-likeness (QED) is 0.670. The van der Waals surface area contributed by atoms with Crippen molar-refractivity contribution in [2.24, 2.45) is 4.99 Å². The molecule has 2 aromatic heterocycles. The molecular formula is C17H16N4O3S. The highest BCUT2D eigenvalue weighted by atomic mass is 32.1. The van der Waals surface area contributed by atoms with E-state index in [9.17, 15) is 9.59 Å². The van der Waals surface area contributed by atoms with E-state index in [4.69, 9.17) is 4.74 Å². The second kappa shape index (κ2) is 6.94. The third kappa shape index (κ3) is 3.48. The molecule has 0 aliphatic heterocycles. The second-order valence-corrected chi connectivity index (χ2v) is 6.46. The molecule has 1 amide bonds. The number of hydrogen-bond donors (Lipinski definition) is 0. The summed E-state index contributed by atoms with van der Waals surface area (Å²) in [5.74, 6) is -0.917. The van der Waals surface area contributed by atoms with Crippen LogP contribution < -0.4 is 4.80 Å². The number of carbonyl (C=O) groups is 2. The van der Waals surface area contributed by atoms with Crippen LogP contribution in [0.25, 0.3) is 10.2 Å². The van der Waals surface area contributed by atoms with Crippen LogP contribution in [0.1, 0.15) is 21.6 Å². The van der Waals surface area contributed by atoms with Crippen LogP contribution in [0.2, 0.25) is 0 Å². The van der Waals surface area contributed by atoms with E-state index in [0.29, 0.717) is 4.80 Å². The number of thiazole rings is 1. The third-order valence-corrected chi connectivity index (χ3v) is 4.84. The topological polar surface area (TPSA) is 86.4 Å². The standard InChI is InChI=1S/C17H16N4O3S/c1-10-6-11(2)15-13(7-10)21(9-14(22)24-3)17(25-15)20-16(23)12-8-18-4-5-19-12/h4-8H,9H2,1-3H3. The zero-order chi connectivity index (χ0) is 18.0. The SMILES string of the molecule is COC(=O)Cn1c(=NC(=O)c2cnccn2)sc2c(C)cc(C)cc21. The van der Waals surface area contributed by atoms with Gasteiger partial charge in [-0.25, -0.2) is 4.98 Å². The second-order valence-electron chi connectivity index (χ2n) is 5.48. The maximum absolute atomic E-state index is 12.4. The molecule has 0 bridgehead atoms. The van der Waals surface area contributed by atoms with Crippen LogP contribution in [0.5, 0.6) is 0 Å². The smallest absolute Gasteiger partial charge is 0.325 e. The lowest BCUT2D eigenvalue weighted by Gasteiger charge is -2.05. The lowest BCUT2D eigenvalue weighted by molar-refractivity contribution is -0.141. The van der Waals surface area contributed by atoms with Gasteiger partial charge in [-0.1, -0.05) is 17.4 Å². The summed E-state index contributed by atoms with van der Waals surface area (Å²) in [6.45, 7) is 3.95. The van der Waals surface area contributed by atoms with Crippen LogP contribution in [-0.2, 0) is 16.1 Å². The highest BCUT2D eigenvalue weighted by molar-refractivity contribution is 7.16. The summed E-state index contributed by atoms with van der Waals surface area (Å²) >= 11 is 1.35. The van der Waals surface area contributed by atoms with Gasteiger partial charge in [0.1, 0.15) is 12.2 Å². The molecule has 128 valence electrons. The number of aromatic nitrogens is 3. The first-order valence-electron chi connectivity index (χ1n) is 7.52. The Morgan fingerprint density at radius 2 is 2.08 bits per heavy atom. The molecule has 8 heteroatoms. The summed E-state index contributed by atoms with van der Waals surface area (Å²) in [6, 6.07) is 4.02. The van der Waals surface area contributed by atoms with Crippen LogP contribution in [0, 0.1) is 13.8 Å². The number of aryl methyl sites for hydroxylation is 2. The van der Waals surface area contributed by atoms with Crippen molar-refractivity contribution in [3.63, 3.8) is 0 Å². The summed E-state index contributed by atoms with van der Waals surface area (Å²) in [4.78, 5) is 36.6. The highest BCUT2D eigenvalue weighted by Crippen LogP contribution is 2.23. The molecule has 3 aromatic rings. The molecule has 0 spiro atoms. The lowest BCUT2D eigenvalue weighted by atomic mass is 10.1. The number of nitrogens with zero attached hydrogens (tertiary/aromatic N) is 4. The minimum Gasteiger partial charge on any atom is -0.468 e. The average molecular weight is 356 g/mol. The molecule has 0 aliphatic rings. The number of carbonyl (C=O) groups excluding carboxylic acids is 2. The molecule has 0 radical (unpaired) electrons. The fourth-order valence-corrected chi connectivity index (χ4v) is 3.58. The van der Waals surface area contributed by atoms with Crippen molar-refractivity contribution in [2.45, 2.75) is 20.4 Å². The minimum absolute atomic E-state index is 0.0219. The van der Waals surface area contributed by atoms with E-state index >= 15 is 0 Å². The van der Waals surface area contributed by atoms with E-state index in [1.165, 1.54) is 37.0 Å². The molecular weight excluding hydrogens is 340 g/mol. The summed E-state index contributed by atoms with van der Waals surface area (Å²) in [6.07, 6.45) is 4.28. The average Bonchev–Trinajstić information content (AvgIpc) is 2.93. The number of esters is 1. The van der Waals surface area contributed by atoms with E-state index in [-0.39, 0.29) is 12.2 Å². The molecule has 0 unspecified atom stereocenters. The molecule has 7 nitrogen and oxygen atoms in total. The molecule has 0 aliphatic carbocycles. The monoisotopic (exact) mass is 356 g/mol. The molecule has 2 heterocycles. The zero-order valence-corrected chi connectivity index (χ0v) is 14.8. The molecule has 0 fully saturated rings. The Balaban J connectivity index is 2.21. The van der Waals surface area contributed by atoms with Crippen molar-refractivity contribution in [3.05, 3.63) is 52.3 Å². The van der Waals surface area contributed by atoms with E-state index in [1.54, 1.807) is 4.57 Å². The predicted molar refractivity (Wildman–Crippen MR) is 93.2 cm³/mol. The maximum Gasteiger partial charge on any atom is 0.325 e. The Morgan fingerprint density at radius 1 is 1.28 bits per heavy atom. The fourth-order valence-electron chi connectivity index (χ4n) is 2.50. The van der Waals surface area contributed by atoms with Crippen LogP contribution in [0.3, 0.4) is 0 Å². The molecule has 0 N–H and O–H groups in total. The van der Waals surface area contributed by atoms with Crippen molar-refractivity contribution < 1.29 is 14.3 Å². The van der Waals surface area contributed by atoms with Crippen molar-refractivity contribution in [1.29, 1.82) is 0 Å². The Morgan fingerprint density at radius 3 is 2.76 bits per heavy atom. The van der Waals surface area contributed by atoms with Gasteiger partial charge in [0.05, 0.1) is 23.5 Å².